The van der Waals surface area contributed by atoms with Crippen LogP contribution in [-0.4, -0.2) is 22.8 Å². The van der Waals surface area contributed by atoms with E-state index in [0.29, 0.717) is 12.0 Å². The molecule has 2 fully saturated rings. The molecular formula is C12H20O3. The summed E-state index contributed by atoms with van der Waals surface area (Å²) < 4.78 is 6.03. The van der Waals surface area contributed by atoms with Crippen molar-refractivity contribution in [2.24, 2.45) is 11.3 Å². The van der Waals surface area contributed by atoms with Gasteiger partial charge in [-0.2, -0.15) is 0 Å². The largest absolute Gasteiger partial charge is 0.481 e. The number of carboxylic acids is 1. The van der Waals surface area contributed by atoms with Crippen LogP contribution in [0.15, 0.2) is 0 Å². The van der Waals surface area contributed by atoms with Crippen molar-refractivity contribution in [3.05, 3.63) is 0 Å². The maximum absolute atomic E-state index is 10.6. The first-order valence-corrected chi connectivity index (χ1v) is 5.76. The normalized spacial score (nSPS) is 42.1. The van der Waals surface area contributed by atoms with E-state index < -0.39 is 5.97 Å². The first-order valence-electron chi connectivity index (χ1n) is 5.76. The Morgan fingerprint density at radius 3 is 2.60 bits per heavy atom. The molecule has 2 saturated heterocycles. The van der Waals surface area contributed by atoms with Crippen LogP contribution in [0.2, 0.25) is 0 Å². The number of ether oxygens (including phenoxy) is 1. The molecule has 3 atom stereocenters. The lowest BCUT2D eigenvalue weighted by atomic mass is 9.62. The highest BCUT2D eigenvalue weighted by Crippen LogP contribution is 2.58. The molecule has 0 aromatic heterocycles. The van der Waals surface area contributed by atoms with Gasteiger partial charge in [0.15, 0.2) is 0 Å². The van der Waals surface area contributed by atoms with E-state index in [1.54, 1.807) is 0 Å². The molecule has 15 heavy (non-hydrogen) atoms. The van der Waals surface area contributed by atoms with E-state index in [4.69, 9.17) is 9.84 Å². The molecule has 0 amide bonds. The highest BCUT2D eigenvalue weighted by atomic mass is 16.5. The fraction of sp³-hybridized carbons (Fsp3) is 0.917. The first-order chi connectivity index (χ1) is 6.86. The van der Waals surface area contributed by atoms with E-state index >= 15 is 0 Å². The van der Waals surface area contributed by atoms with Crippen molar-refractivity contribution in [1.82, 2.24) is 0 Å². The molecule has 3 heteroatoms. The Bertz CT molecular complexity index is 280. The Morgan fingerprint density at radius 2 is 2.13 bits per heavy atom. The van der Waals surface area contributed by atoms with Crippen molar-refractivity contribution in [3.8, 4) is 0 Å². The molecule has 2 heterocycles. The Labute approximate surface area is 90.8 Å². The molecule has 0 radical (unpaired) electrons. The minimum Gasteiger partial charge on any atom is -0.481 e. The average molecular weight is 212 g/mol. The maximum Gasteiger partial charge on any atom is 0.303 e. The van der Waals surface area contributed by atoms with Gasteiger partial charge in [-0.25, -0.2) is 0 Å². The molecule has 3 nitrogen and oxygen atoms in total. The quantitative estimate of drug-likeness (QED) is 0.781. The summed E-state index contributed by atoms with van der Waals surface area (Å²) in [5.74, 6) is -0.308. The summed E-state index contributed by atoms with van der Waals surface area (Å²) in [6.07, 6.45) is 3.56. The minimum atomic E-state index is -0.697. The third-order valence-electron chi connectivity index (χ3n) is 4.43. The summed E-state index contributed by atoms with van der Waals surface area (Å²) in [7, 11) is 0. The standard InChI is InChI=1S/C12H20O3/c1-11(2)8(4-5-10(13)14)12(3)7-6-9(11)15-12/h8-9H,4-7H2,1-3H3,(H,13,14)/t8-,9-,12+/m0/s1. The molecular weight excluding hydrogens is 192 g/mol. The van der Waals surface area contributed by atoms with E-state index in [0.717, 1.165) is 19.3 Å². The van der Waals surface area contributed by atoms with Crippen LogP contribution < -0.4 is 0 Å². The van der Waals surface area contributed by atoms with Crippen LogP contribution in [0.25, 0.3) is 0 Å². The zero-order chi connectivity index (χ0) is 11.3. The molecule has 0 aromatic carbocycles. The minimum absolute atomic E-state index is 0.0659. The second-order valence-corrected chi connectivity index (χ2v) is 5.76. The summed E-state index contributed by atoms with van der Waals surface area (Å²) in [6.45, 7) is 6.58. The van der Waals surface area contributed by atoms with E-state index in [-0.39, 0.29) is 17.4 Å². The molecule has 1 N–H and O–H groups in total. The molecule has 86 valence electrons. The Kier molecular flexibility index (Phi) is 2.34. The summed E-state index contributed by atoms with van der Waals surface area (Å²) in [6, 6.07) is 0. The number of fused-ring (bicyclic) bond motifs is 2. The molecule has 0 aliphatic carbocycles. The van der Waals surface area contributed by atoms with Gasteiger partial charge in [-0.15, -0.1) is 0 Å². The van der Waals surface area contributed by atoms with Crippen LogP contribution in [0.1, 0.15) is 46.5 Å². The summed E-state index contributed by atoms with van der Waals surface area (Å²) in [5, 5.41) is 8.76. The highest BCUT2D eigenvalue weighted by molar-refractivity contribution is 5.66. The lowest BCUT2D eigenvalue weighted by Gasteiger charge is -2.39. The lowest BCUT2D eigenvalue weighted by Crippen LogP contribution is -2.40. The number of hydrogen-bond acceptors (Lipinski definition) is 2. The van der Waals surface area contributed by atoms with E-state index in [2.05, 4.69) is 20.8 Å². The van der Waals surface area contributed by atoms with Crippen molar-refractivity contribution in [2.75, 3.05) is 0 Å². The average Bonchev–Trinajstić information content (AvgIpc) is 2.54. The zero-order valence-corrected chi connectivity index (χ0v) is 9.75. The second-order valence-electron chi connectivity index (χ2n) is 5.76. The zero-order valence-electron chi connectivity index (χ0n) is 9.75. The van der Waals surface area contributed by atoms with E-state index in [1.165, 1.54) is 0 Å². The van der Waals surface area contributed by atoms with E-state index in [1.807, 2.05) is 0 Å². The third-order valence-corrected chi connectivity index (χ3v) is 4.43. The Balaban J connectivity index is 2.12. The number of rotatable bonds is 3. The van der Waals surface area contributed by atoms with Gasteiger partial charge in [-0.3, -0.25) is 4.79 Å². The van der Waals surface area contributed by atoms with Crippen molar-refractivity contribution in [3.63, 3.8) is 0 Å². The van der Waals surface area contributed by atoms with Crippen LogP contribution in [0, 0.1) is 11.3 Å². The van der Waals surface area contributed by atoms with Crippen molar-refractivity contribution in [2.45, 2.75) is 58.2 Å². The number of hydrogen-bond donors (Lipinski definition) is 1. The molecule has 2 rings (SSSR count). The molecule has 0 aromatic rings. The molecule has 0 unspecified atom stereocenters. The summed E-state index contributed by atoms with van der Waals surface area (Å²) in [4.78, 5) is 10.6. The topological polar surface area (TPSA) is 46.5 Å². The predicted octanol–water partition coefficient (Wildman–Crippen LogP) is 2.44. The van der Waals surface area contributed by atoms with Gasteiger partial charge in [0.25, 0.3) is 0 Å². The fourth-order valence-corrected chi connectivity index (χ4v) is 3.60. The van der Waals surface area contributed by atoms with Crippen LogP contribution >= 0.6 is 0 Å². The molecule has 0 spiro atoms. The molecule has 0 saturated carbocycles. The first kappa shape index (κ1) is 10.9. The number of carbonyl (C=O) groups is 1. The third kappa shape index (κ3) is 1.57. The highest BCUT2D eigenvalue weighted by Gasteiger charge is 2.60. The van der Waals surface area contributed by atoms with Crippen molar-refractivity contribution < 1.29 is 14.6 Å². The fourth-order valence-electron chi connectivity index (χ4n) is 3.60. The van der Waals surface area contributed by atoms with Crippen LogP contribution in [0.4, 0.5) is 0 Å². The second kappa shape index (κ2) is 3.21. The number of aliphatic carboxylic acids is 1. The van der Waals surface area contributed by atoms with Crippen LogP contribution in [0.5, 0.6) is 0 Å². The number of carboxylic acid groups (broad SMARTS) is 1. The Hall–Kier alpha value is -0.570. The molecule has 2 aliphatic heterocycles. The van der Waals surface area contributed by atoms with Gasteiger partial charge in [0.2, 0.25) is 0 Å². The lowest BCUT2D eigenvalue weighted by molar-refractivity contribution is -0.137. The predicted molar refractivity (Wildman–Crippen MR) is 56.7 cm³/mol. The van der Waals surface area contributed by atoms with Gasteiger partial charge < -0.3 is 9.84 Å². The van der Waals surface area contributed by atoms with Gasteiger partial charge in [0.05, 0.1) is 11.7 Å². The van der Waals surface area contributed by atoms with Gasteiger partial charge in [-0.1, -0.05) is 13.8 Å². The maximum atomic E-state index is 10.6. The monoisotopic (exact) mass is 212 g/mol. The van der Waals surface area contributed by atoms with Gasteiger partial charge >= 0.3 is 5.97 Å². The van der Waals surface area contributed by atoms with Crippen molar-refractivity contribution in [1.29, 1.82) is 0 Å². The van der Waals surface area contributed by atoms with E-state index in [9.17, 15) is 4.79 Å². The smallest absolute Gasteiger partial charge is 0.303 e. The van der Waals surface area contributed by atoms with Gasteiger partial charge in [-0.05, 0) is 37.5 Å². The SMILES string of the molecule is CC1(C)[C@@H]2CC[C@@](C)(O2)[C@H]1CCC(=O)O. The summed E-state index contributed by atoms with van der Waals surface area (Å²) >= 11 is 0. The molecule has 2 aliphatic rings. The van der Waals surface area contributed by atoms with Crippen LogP contribution in [0.3, 0.4) is 0 Å². The molecule has 2 bridgehead atoms. The van der Waals surface area contributed by atoms with Crippen molar-refractivity contribution >= 4 is 5.97 Å². The Morgan fingerprint density at radius 1 is 1.47 bits per heavy atom. The van der Waals surface area contributed by atoms with Gasteiger partial charge in [0.1, 0.15) is 0 Å². The van der Waals surface area contributed by atoms with Crippen LogP contribution in [-0.2, 0) is 9.53 Å². The summed E-state index contributed by atoms with van der Waals surface area (Å²) in [5.41, 5.74) is 0.0755. The van der Waals surface area contributed by atoms with Gasteiger partial charge in [0, 0.05) is 6.42 Å².